The fourth-order valence-electron chi connectivity index (χ4n) is 3.32. The molecule has 0 bridgehead atoms. The Morgan fingerprint density at radius 2 is 1.75 bits per heavy atom. The molecule has 2 heterocycles. The van der Waals surface area contributed by atoms with Crippen molar-refractivity contribution in [1.29, 1.82) is 0 Å². The molecule has 0 saturated carbocycles. The summed E-state index contributed by atoms with van der Waals surface area (Å²) in [5.41, 5.74) is 2.13. The summed E-state index contributed by atoms with van der Waals surface area (Å²) < 4.78 is 0. The van der Waals surface area contributed by atoms with Crippen molar-refractivity contribution in [3.8, 4) is 0 Å². The van der Waals surface area contributed by atoms with Crippen LogP contribution in [-0.2, 0) is 4.79 Å². The first-order valence-electron chi connectivity index (χ1n) is 8.86. The SMILES string of the molecule is CC(Nc1ccc(N2CCCCCC2)cc1)C(=O)N1CCNC1=O. The zero-order valence-corrected chi connectivity index (χ0v) is 14.3. The number of nitrogens with one attached hydrogen (secondary N) is 2. The first-order valence-corrected chi connectivity index (χ1v) is 8.86. The van der Waals surface area contributed by atoms with Crippen LogP contribution < -0.4 is 15.5 Å². The molecule has 6 heteroatoms. The van der Waals surface area contributed by atoms with E-state index in [0.717, 1.165) is 18.8 Å². The minimum Gasteiger partial charge on any atom is -0.374 e. The maximum Gasteiger partial charge on any atom is 0.324 e. The van der Waals surface area contributed by atoms with E-state index in [1.54, 1.807) is 6.92 Å². The molecule has 0 radical (unpaired) electrons. The molecule has 2 aliphatic rings. The summed E-state index contributed by atoms with van der Waals surface area (Å²) >= 11 is 0. The number of amides is 3. The van der Waals surface area contributed by atoms with Crippen LogP contribution in [0, 0.1) is 0 Å². The van der Waals surface area contributed by atoms with Gasteiger partial charge in [0.15, 0.2) is 0 Å². The van der Waals surface area contributed by atoms with Crippen LogP contribution in [0.5, 0.6) is 0 Å². The third-order valence-electron chi connectivity index (χ3n) is 4.71. The van der Waals surface area contributed by atoms with Crippen molar-refractivity contribution in [2.75, 3.05) is 36.4 Å². The second-order valence-electron chi connectivity index (χ2n) is 6.54. The van der Waals surface area contributed by atoms with E-state index in [1.165, 1.54) is 36.3 Å². The van der Waals surface area contributed by atoms with Crippen LogP contribution in [0.25, 0.3) is 0 Å². The summed E-state index contributed by atoms with van der Waals surface area (Å²) in [5.74, 6) is -0.193. The molecule has 1 unspecified atom stereocenters. The molecule has 0 spiro atoms. The smallest absolute Gasteiger partial charge is 0.324 e. The van der Waals surface area contributed by atoms with Crippen LogP contribution in [0.2, 0.25) is 0 Å². The Morgan fingerprint density at radius 3 is 2.33 bits per heavy atom. The lowest BCUT2D eigenvalue weighted by Gasteiger charge is -2.23. The number of hydrogen-bond donors (Lipinski definition) is 2. The predicted molar refractivity (Wildman–Crippen MR) is 95.3 cm³/mol. The first kappa shape index (κ1) is 16.6. The van der Waals surface area contributed by atoms with Gasteiger partial charge in [0.25, 0.3) is 5.91 Å². The van der Waals surface area contributed by atoms with Crippen molar-refractivity contribution < 1.29 is 9.59 Å². The normalized spacial score (nSPS) is 19.6. The summed E-state index contributed by atoms with van der Waals surface area (Å²) in [7, 11) is 0. The molecule has 1 atom stereocenters. The van der Waals surface area contributed by atoms with Crippen LogP contribution in [0.4, 0.5) is 16.2 Å². The van der Waals surface area contributed by atoms with E-state index in [0.29, 0.717) is 13.1 Å². The molecule has 3 rings (SSSR count). The lowest BCUT2D eigenvalue weighted by atomic mass is 10.2. The highest BCUT2D eigenvalue weighted by molar-refractivity contribution is 5.99. The Labute approximate surface area is 143 Å². The minimum absolute atomic E-state index is 0.193. The second kappa shape index (κ2) is 7.55. The van der Waals surface area contributed by atoms with E-state index < -0.39 is 6.04 Å². The number of urea groups is 1. The van der Waals surface area contributed by atoms with E-state index in [2.05, 4.69) is 27.7 Å². The van der Waals surface area contributed by atoms with E-state index in [4.69, 9.17) is 0 Å². The highest BCUT2D eigenvalue weighted by atomic mass is 16.2. The average molecular weight is 330 g/mol. The highest BCUT2D eigenvalue weighted by Crippen LogP contribution is 2.22. The quantitative estimate of drug-likeness (QED) is 0.890. The van der Waals surface area contributed by atoms with E-state index in [-0.39, 0.29) is 11.9 Å². The summed E-state index contributed by atoms with van der Waals surface area (Å²) in [6.07, 6.45) is 5.15. The van der Waals surface area contributed by atoms with Crippen molar-refractivity contribution in [3.63, 3.8) is 0 Å². The molecular weight excluding hydrogens is 304 g/mol. The molecular formula is C18H26N4O2. The number of hydrogen-bond acceptors (Lipinski definition) is 4. The van der Waals surface area contributed by atoms with Gasteiger partial charge in [0.2, 0.25) is 0 Å². The first-order chi connectivity index (χ1) is 11.6. The predicted octanol–water partition coefficient (Wildman–Crippen LogP) is 2.42. The topological polar surface area (TPSA) is 64.7 Å². The van der Waals surface area contributed by atoms with Crippen molar-refractivity contribution in [3.05, 3.63) is 24.3 Å². The van der Waals surface area contributed by atoms with Gasteiger partial charge in [0, 0.05) is 37.6 Å². The largest absolute Gasteiger partial charge is 0.374 e. The lowest BCUT2D eigenvalue weighted by molar-refractivity contribution is -0.128. The maximum atomic E-state index is 12.3. The van der Waals surface area contributed by atoms with Gasteiger partial charge < -0.3 is 15.5 Å². The van der Waals surface area contributed by atoms with Gasteiger partial charge in [-0.3, -0.25) is 9.69 Å². The average Bonchev–Trinajstić information content (AvgIpc) is 2.85. The van der Waals surface area contributed by atoms with Gasteiger partial charge in [0.1, 0.15) is 6.04 Å². The summed E-state index contributed by atoms with van der Waals surface area (Å²) in [6.45, 7) is 4.99. The van der Waals surface area contributed by atoms with Gasteiger partial charge in [-0.05, 0) is 44.0 Å². The van der Waals surface area contributed by atoms with Crippen LogP contribution in [-0.4, -0.2) is 49.1 Å². The molecule has 2 fully saturated rings. The molecule has 2 saturated heterocycles. The number of imide groups is 1. The van der Waals surface area contributed by atoms with Crippen LogP contribution >= 0.6 is 0 Å². The van der Waals surface area contributed by atoms with Crippen LogP contribution in [0.15, 0.2) is 24.3 Å². The van der Waals surface area contributed by atoms with Gasteiger partial charge in [-0.25, -0.2) is 4.79 Å². The summed E-state index contributed by atoms with van der Waals surface area (Å²) in [4.78, 5) is 27.6. The summed E-state index contributed by atoms with van der Waals surface area (Å²) in [5, 5.41) is 5.84. The Hall–Kier alpha value is -2.24. The fourth-order valence-corrected chi connectivity index (χ4v) is 3.32. The van der Waals surface area contributed by atoms with E-state index in [9.17, 15) is 9.59 Å². The molecule has 6 nitrogen and oxygen atoms in total. The maximum absolute atomic E-state index is 12.3. The Balaban J connectivity index is 1.59. The third-order valence-corrected chi connectivity index (χ3v) is 4.71. The zero-order chi connectivity index (χ0) is 16.9. The van der Waals surface area contributed by atoms with Gasteiger partial charge in [-0.15, -0.1) is 0 Å². The lowest BCUT2D eigenvalue weighted by Crippen LogP contribution is -2.43. The molecule has 2 aliphatic heterocycles. The van der Waals surface area contributed by atoms with E-state index >= 15 is 0 Å². The number of carbonyl (C=O) groups excluding carboxylic acids is 2. The monoisotopic (exact) mass is 330 g/mol. The van der Waals surface area contributed by atoms with E-state index in [1.807, 2.05) is 12.1 Å². The Kier molecular flexibility index (Phi) is 5.23. The second-order valence-corrected chi connectivity index (χ2v) is 6.54. The third kappa shape index (κ3) is 3.80. The number of anilines is 2. The minimum atomic E-state index is -0.433. The molecule has 1 aromatic rings. The molecule has 2 N–H and O–H groups in total. The zero-order valence-electron chi connectivity index (χ0n) is 14.3. The van der Waals surface area contributed by atoms with Gasteiger partial charge >= 0.3 is 6.03 Å². The van der Waals surface area contributed by atoms with Gasteiger partial charge in [-0.1, -0.05) is 12.8 Å². The molecule has 1 aromatic carbocycles. The van der Waals surface area contributed by atoms with Crippen molar-refractivity contribution in [2.45, 2.75) is 38.6 Å². The Bertz CT molecular complexity index is 579. The van der Waals surface area contributed by atoms with Crippen molar-refractivity contribution in [1.82, 2.24) is 10.2 Å². The number of nitrogens with zero attached hydrogens (tertiary/aromatic N) is 2. The van der Waals surface area contributed by atoms with Gasteiger partial charge in [-0.2, -0.15) is 0 Å². The van der Waals surface area contributed by atoms with Gasteiger partial charge in [0.05, 0.1) is 0 Å². The standard InChI is InChI=1S/C18H26N4O2/c1-14(17(23)22-13-10-19-18(22)24)20-15-6-8-16(9-7-15)21-11-4-2-3-5-12-21/h6-9,14,20H,2-5,10-13H2,1H3,(H,19,24). The Morgan fingerprint density at radius 1 is 1.08 bits per heavy atom. The number of carbonyl (C=O) groups is 2. The number of rotatable bonds is 4. The fraction of sp³-hybridized carbons (Fsp3) is 0.556. The molecule has 130 valence electrons. The van der Waals surface area contributed by atoms with Crippen LogP contribution in [0.3, 0.4) is 0 Å². The molecule has 3 amide bonds. The molecule has 0 aliphatic carbocycles. The number of benzene rings is 1. The molecule has 0 aromatic heterocycles. The van der Waals surface area contributed by atoms with Crippen LogP contribution in [0.1, 0.15) is 32.6 Å². The van der Waals surface area contributed by atoms with Crippen molar-refractivity contribution >= 4 is 23.3 Å². The summed E-state index contributed by atoms with van der Waals surface area (Å²) in [6, 6.07) is 7.49. The molecule has 24 heavy (non-hydrogen) atoms. The van der Waals surface area contributed by atoms with Crippen molar-refractivity contribution in [2.24, 2.45) is 0 Å². The highest BCUT2D eigenvalue weighted by Gasteiger charge is 2.29.